The fourth-order valence-corrected chi connectivity index (χ4v) is 2.38. The Morgan fingerprint density at radius 2 is 2.60 bits per heavy atom. The minimum Gasteiger partial charge on any atom is -0.372 e. The van der Waals surface area contributed by atoms with E-state index in [9.17, 15) is 0 Å². The Kier molecular flexibility index (Phi) is 0.868. The summed E-state index contributed by atoms with van der Waals surface area (Å²) in [6.07, 6.45) is 4.14. The van der Waals surface area contributed by atoms with E-state index < -0.39 is 0 Å². The van der Waals surface area contributed by atoms with E-state index in [0.29, 0.717) is 12.1 Å². The highest BCUT2D eigenvalue weighted by Crippen LogP contribution is 2.35. The van der Waals surface area contributed by atoms with E-state index in [4.69, 9.17) is 4.74 Å². The SMILES string of the molecule is C1=C2COC3CCN(C1)C23. The van der Waals surface area contributed by atoms with Crippen molar-refractivity contribution in [3.8, 4) is 0 Å². The maximum absolute atomic E-state index is 5.60. The van der Waals surface area contributed by atoms with Crippen LogP contribution in [0.15, 0.2) is 11.6 Å². The minimum absolute atomic E-state index is 0.550. The van der Waals surface area contributed by atoms with Gasteiger partial charge in [0.05, 0.1) is 18.8 Å². The molecule has 10 heavy (non-hydrogen) atoms. The van der Waals surface area contributed by atoms with E-state index in [1.54, 1.807) is 5.57 Å². The lowest BCUT2D eigenvalue weighted by Crippen LogP contribution is -2.28. The Hall–Kier alpha value is -0.340. The topological polar surface area (TPSA) is 12.5 Å². The molecule has 0 aliphatic carbocycles. The van der Waals surface area contributed by atoms with Crippen LogP contribution in [-0.4, -0.2) is 36.7 Å². The summed E-state index contributed by atoms with van der Waals surface area (Å²) in [6.45, 7) is 3.33. The third-order valence-electron chi connectivity index (χ3n) is 2.88. The van der Waals surface area contributed by atoms with Crippen LogP contribution in [0.2, 0.25) is 0 Å². The lowest BCUT2D eigenvalue weighted by Gasteiger charge is -2.14. The van der Waals surface area contributed by atoms with Crippen LogP contribution >= 0.6 is 0 Å². The minimum atomic E-state index is 0.550. The van der Waals surface area contributed by atoms with Gasteiger partial charge in [-0.2, -0.15) is 0 Å². The van der Waals surface area contributed by atoms with Crippen LogP contribution in [0, 0.1) is 0 Å². The maximum Gasteiger partial charge on any atom is 0.0786 e. The predicted octanol–water partition coefficient (Wildman–Crippen LogP) is 0.399. The van der Waals surface area contributed by atoms with Crippen molar-refractivity contribution in [2.45, 2.75) is 18.6 Å². The zero-order valence-corrected chi connectivity index (χ0v) is 5.92. The molecule has 2 heteroatoms. The molecule has 2 unspecified atom stereocenters. The zero-order valence-electron chi connectivity index (χ0n) is 5.92. The molecule has 3 aliphatic rings. The molecule has 0 amide bonds. The van der Waals surface area contributed by atoms with Crippen LogP contribution in [-0.2, 0) is 4.74 Å². The molecule has 2 saturated heterocycles. The zero-order chi connectivity index (χ0) is 6.55. The van der Waals surface area contributed by atoms with Gasteiger partial charge >= 0.3 is 0 Å². The fourth-order valence-electron chi connectivity index (χ4n) is 2.38. The summed E-state index contributed by atoms with van der Waals surface area (Å²) in [7, 11) is 0. The highest BCUT2D eigenvalue weighted by molar-refractivity contribution is 5.26. The molecule has 0 radical (unpaired) electrons. The van der Waals surface area contributed by atoms with Gasteiger partial charge in [-0.25, -0.2) is 0 Å². The molecule has 0 bridgehead atoms. The molecule has 3 heterocycles. The van der Waals surface area contributed by atoms with Gasteiger partial charge in [-0.1, -0.05) is 6.08 Å². The molecule has 0 aromatic carbocycles. The summed E-state index contributed by atoms with van der Waals surface area (Å²) in [5, 5.41) is 0. The third kappa shape index (κ3) is 0.478. The van der Waals surface area contributed by atoms with Crippen molar-refractivity contribution in [1.82, 2.24) is 4.90 Å². The number of hydrogen-bond donors (Lipinski definition) is 0. The molecule has 0 saturated carbocycles. The Morgan fingerprint density at radius 1 is 1.60 bits per heavy atom. The van der Waals surface area contributed by atoms with Crippen molar-refractivity contribution >= 4 is 0 Å². The maximum atomic E-state index is 5.60. The second-order valence-corrected chi connectivity index (χ2v) is 3.36. The van der Waals surface area contributed by atoms with E-state index in [1.807, 2.05) is 0 Å². The summed E-state index contributed by atoms with van der Waals surface area (Å²) in [6, 6.07) is 0.694. The first-order valence-electron chi connectivity index (χ1n) is 4.00. The van der Waals surface area contributed by atoms with Gasteiger partial charge in [-0.3, -0.25) is 4.90 Å². The lowest BCUT2D eigenvalue weighted by molar-refractivity contribution is 0.107. The van der Waals surface area contributed by atoms with Gasteiger partial charge in [0.2, 0.25) is 0 Å². The van der Waals surface area contributed by atoms with Gasteiger partial charge in [-0.05, 0) is 12.0 Å². The van der Waals surface area contributed by atoms with Crippen LogP contribution in [0.25, 0.3) is 0 Å². The monoisotopic (exact) mass is 137 g/mol. The highest BCUT2D eigenvalue weighted by Gasteiger charge is 2.44. The van der Waals surface area contributed by atoms with Crippen molar-refractivity contribution in [1.29, 1.82) is 0 Å². The lowest BCUT2D eigenvalue weighted by atomic mass is 10.1. The standard InChI is InChI=1S/C8H11NO/c1-3-9-4-2-7-8(9)6(1)5-10-7/h1,7-8H,2-5H2. The molecule has 3 aliphatic heterocycles. The largest absolute Gasteiger partial charge is 0.372 e. The van der Waals surface area contributed by atoms with E-state index in [-0.39, 0.29) is 0 Å². The van der Waals surface area contributed by atoms with Crippen LogP contribution in [0.5, 0.6) is 0 Å². The molecule has 0 aromatic heterocycles. The van der Waals surface area contributed by atoms with Crippen molar-refractivity contribution in [2.75, 3.05) is 19.7 Å². The van der Waals surface area contributed by atoms with Gasteiger partial charge in [-0.15, -0.1) is 0 Å². The summed E-state index contributed by atoms with van der Waals surface area (Å²) >= 11 is 0. The number of ether oxygens (including phenoxy) is 1. The number of nitrogens with zero attached hydrogens (tertiary/aromatic N) is 1. The average Bonchev–Trinajstić information content (AvgIpc) is 2.56. The molecule has 0 aromatic rings. The van der Waals surface area contributed by atoms with Gasteiger partial charge in [0.15, 0.2) is 0 Å². The number of hydrogen-bond acceptors (Lipinski definition) is 2. The van der Waals surface area contributed by atoms with Gasteiger partial charge < -0.3 is 4.74 Å². The van der Waals surface area contributed by atoms with Gasteiger partial charge in [0, 0.05) is 13.1 Å². The van der Waals surface area contributed by atoms with Crippen LogP contribution in [0.3, 0.4) is 0 Å². The summed E-state index contributed by atoms with van der Waals surface area (Å²) < 4.78 is 5.60. The summed E-state index contributed by atoms with van der Waals surface area (Å²) in [5.74, 6) is 0. The summed E-state index contributed by atoms with van der Waals surface area (Å²) in [5.41, 5.74) is 1.54. The predicted molar refractivity (Wildman–Crippen MR) is 37.8 cm³/mol. The Balaban J connectivity index is 2.03. The molecule has 3 rings (SSSR count). The highest BCUT2D eigenvalue weighted by atomic mass is 16.5. The number of rotatable bonds is 0. The second-order valence-electron chi connectivity index (χ2n) is 3.36. The summed E-state index contributed by atoms with van der Waals surface area (Å²) in [4.78, 5) is 2.52. The van der Waals surface area contributed by atoms with Crippen LogP contribution in [0.1, 0.15) is 6.42 Å². The van der Waals surface area contributed by atoms with E-state index in [1.165, 1.54) is 19.5 Å². The molecule has 0 spiro atoms. The Bertz CT molecular complexity index is 199. The van der Waals surface area contributed by atoms with E-state index in [0.717, 1.165) is 6.61 Å². The molecule has 54 valence electrons. The molecule has 2 fully saturated rings. The smallest absolute Gasteiger partial charge is 0.0786 e. The van der Waals surface area contributed by atoms with E-state index in [2.05, 4.69) is 11.0 Å². The van der Waals surface area contributed by atoms with Gasteiger partial charge in [0.1, 0.15) is 0 Å². The Labute approximate surface area is 60.5 Å². The molecule has 2 atom stereocenters. The fraction of sp³-hybridized carbons (Fsp3) is 0.750. The van der Waals surface area contributed by atoms with Crippen molar-refractivity contribution < 1.29 is 4.74 Å². The molecule has 2 nitrogen and oxygen atoms in total. The Morgan fingerprint density at radius 3 is 3.60 bits per heavy atom. The van der Waals surface area contributed by atoms with Crippen molar-refractivity contribution in [2.24, 2.45) is 0 Å². The average molecular weight is 137 g/mol. The van der Waals surface area contributed by atoms with Crippen LogP contribution < -0.4 is 0 Å². The van der Waals surface area contributed by atoms with E-state index >= 15 is 0 Å². The first kappa shape index (κ1) is 5.33. The molecule has 0 N–H and O–H groups in total. The van der Waals surface area contributed by atoms with Crippen LogP contribution in [0.4, 0.5) is 0 Å². The molecular weight excluding hydrogens is 126 g/mol. The first-order valence-corrected chi connectivity index (χ1v) is 4.00. The quantitative estimate of drug-likeness (QED) is 0.448. The van der Waals surface area contributed by atoms with Crippen molar-refractivity contribution in [3.63, 3.8) is 0 Å². The third-order valence-corrected chi connectivity index (χ3v) is 2.88. The van der Waals surface area contributed by atoms with Crippen molar-refractivity contribution in [3.05, 3.63) is 11.6 Å². The molecular formula is C8H11NO. The normalized spacial score (nSPS) is 44.2. The first-order chi connectivity index (χ1) is 4.95. The second kappa shape index (κ2) is 1.63. The van der Waals surface area contributed by atoms with Gasteiger partial charge in [0.25, 0.3) is 0 Å².